The predicted molar refractivity (Wildman–Crippen MR) is 145 cm³/mol. The zero-order valence-electron chi connectivity index (χ0n) is 22.3. The first-order valence-electron chi connectivity index (χ1n) is 13.2. The molecule has 2 saturated heterocycles. The molecular weight excluding hydrogens is 523 g/mol. The molecule has 0 aliphatic carbocycles. The van der Waals surface area contributed by atoms with Gasteiger partial charge in [-0.2, -0.15) is 23.1 Å². The predicted octanol–water partition coefficient (Wildman–Crippen LogP) is 5.06. The molecule has 2 aliphatic heterocycles. The van der Waals surface area contributed by atoms with Crippen molar-refractivity contribution in [3.63, 3.8) is 0 Å². The summed E-state index contributed by atoms with van der Waals surface area (Å²) in [6.45, 7) is 5.72. The number of hydrogen-bond acceptors (Lipinski definition) is 7. The molecule has 3 aromatic rings. The molecule has 5 rings (SSSR count). The number of carbonyl (C=O) groups is 1. The number of alkyl halides is 3. The van der Waals surface area contributed by atoms with Gasteiger partial charge in [0.1, 0.15) is 11.9 Å². The number of anilines is 2. The van der Waals surface area contributed by atoms with E-state index < -0.39 is 24.3 Å². The van der Waals surface area contributed by atoms with Gasteiger partial charge in [0.25, 0.3) is 0 Å². The number of rotatable bonds is 6. The average Bonchev–Trinajstić information content (AvgIpc) is 3.32. The van der Waals surface area contributed by atoms with Gasteiger partial charge in [-0.05, 0) is 60.8 Å². The molecule has 2 atom stereocenters. The molecule has 11 heteroatoms. The van der Waals surface area contributed by atoms with Crippen LogP contribution in [0.3, 0.4) is 0 Å². The third-order valence-corrected chi connectivity index (χ3v) is 8.18. The van der Waals surface area contributed by atoms with Gasteiger partial charge in [0.05, 0.1) is 0 Å². The van der Waals surface area contributed by atoms with Crippen LogP contribution in [0.15, 0.2) is 48.5 Å². The molecule has 2 aliphatic rings. The minimum atomic E-state index is -4.70. The maximum atomic E-state index is 14.2. The number of nitrogens with one attached hydrogen (secondary N) is 1. The highest BCUT2D eigenvalue weighted by Crippen LogP contribution is 2.41. The van der Waals surface area contributed by atoms with E-state index in [1.165, 1.54) is 18.2 Å². The van der Waals surface area contributed by atoms with Gasteiger partial charge in [-0.1, -0.05) is 42.5 Å². The molecule has 1 aromatic heterocycles. The molecule has 0 amide bonds. The Morgan fingerprint density at radius 3 is 2.48 bits per heavy atom. The largest absolute Gasteiger partial charge is 0.480 e. The summed E-state index contributed by atoms with van der Waals surface area (Å²) in [6.07, 6.45) is -4.95. The van der Waals surface area contributed by atoms with Gasteiger partial charge in [-0.25, -0.2) is 0 Å². The first kappa shape index (κ1) is 27.7. The molecular formula is C29H32F3N5O3. The van der Waals surface area contributed by atoms with E-state index in [0.717, 1.165) is 35.1 Å². The molecule has 4 N–H and O–H groups in total. The Balaban J connectivity index is 1.33. The van der Waals surface area contributed by atoms with Crippen LogP contribution in [0.2, 0.25) is 0 Å². The van der Waals surface area contributed by atoms with E-state index in [0.29, 0.717) is 31.9 Å². The first-order valence-corrected chi connectivity index (χ1v) is 13.2. The number of halogens is 3. The summed E-state index contributed by atoms with van der Waals surface area (Å²) < 4.78 is 48.0. The van der Waals surface area contributed by atoms with Gasteiger partial charge in [0, 0.05) is 31.3 Å². The second-order valence-corrected chi connectivity index (χ2v) is 10.8. The lowest BCUT2D eigenvalue weighted by Gasteiger charge is -2.39. The molecule has 1 spiro atoms. The Kier molecular flexibility index (Phi) is 7.34. The van der Waals surface area contributed by atoms with E-state index in [1.807, 2.05) is 36.9 Å². The number of aliphatic carboxylic acids is 1. The Hall–Kier alpha value is -3.86. The summed E-state index contributed by atoms with van der Waals surface area (Å²) in [5, 5.41) is 12.4. The van der Waals surface area contributed by atoms with Crippen LogP contribution in [0.1, 0.15) is 42.1 Å². The maximum absolute atomic E-state index is 14.2. The average molecular weight is 556 g/mol. The Morgan fingerprint density at radius 1 is 1.15 bits per heavy atom. The summed E-state index contributed by atoms with van der Waals surface area (Å²) in [6, 6.07) is 12.8. The van der Waals surface area contributed by atoms with Crippen LogP contribution in [-0.2, 0) is 4.79 Å². The van der Waals surface area contributed by atoms with Crippen molar-refractivity contribution < 1.29 is 27.8 Å². The lowest BCUT2D eigenvalue weighted by Crippen LogP contribution is -2.41. The molecule has 40 heavy (non-hydrogen) atoms. The number of ether oxygens (including phenoxy) is 1. The standard InChI is InChI=1S/C29H32F3N5O3/c1-17-4-3-5-21(18(17)2)19-6-8-20(9-7-19)25(29(30,31)32)40-24-14-23(35-27(33)36-24)37-12-10-28(11-13-37)15-22(26(38)39)34-16-28/h3-9,14,22,25,34H,10-13,15-16H2,1-2H3,(H,38,39)(H2,33,35,36)/t22?,25-/m1/s1. The second-order valence-electron chi connectivity index (χ2n) is 10.8. The summed E-state index contributed by atoms with van der Waals surface area (Å²) in [4.78, 5) is 21.5. The van der Waals surface area contributed by atoms with Crippen molar-refractivity contribution in [3.05, 3.63) is 65.2 Å². The van der Waals surface area contributed by atoms with Gasteiger partial charge >= 0.3 is 12.1 Å². The first-order chi connectivity index (χ1) is 18.9. The molecule has 2 fully saturated rings. The van der Waals surface area contributed by atoms with Crippen molar-refractivity contribution in [1.82, 2.24) is 15.3 Å². The third-order valence-electron chi connectivity index (χ3n) is 8.18. The number of aryl methyl sites for hydroxylation is 1. The zero-order chi connectivity index (χ0) is 28.7. The van der Waals surface area contributed by atoms with E-state index in [-0.39, 0.29) is 22.8 Å². The molecule has 8 nitrogen and oxygen atoms in total. The fraction of sp³-hybridized carbons (Fsp3) is 0.414. The number of carboxylic acids is 1. The minimum absolute atomic E-state index is 0.0538. The van der Waals surface area contributed by atoms with E-state index in [1.54, 1.807) is 12.1 Å². The fourth-order valence-electron chi connectivity index (χ4n) is 5.68. The summed E-state index contributed by atoms with van der Waals surface area (Å²) in [7, 11) is 0. The second kappa shape index (κ2) is 10.6. The van der Waals surface area contributed by atoms with Crippen LogP contribution in [-0.4, -0.2) is 52.9 Å². The van der Waals surface area contributed by atoms with E-state index in [9.17, 15) is 23.1 Å². The van der Waals surface area contributed by atoms with Crippen LogP contribution in [0.4, 0.5) is 24.9 Å². The topological polar surface area (TPSA) is 114 Å². The van der Waals surface area contributed by atoms with E-state index >= 15 is 0 Å². The summed E-state index contributed by atoms with van der Waals surface area (Å²) in [5.74, 6) is -0.933. The van der Waals surface area contributed by atoms with Crippen molar-refractivity contribution in [1.29, 1.82) is 0 Å². The summed E-state index contributed by atoms with van der Waals surface area (Å²) >= 11 is 0. The molecule has 3 heterocycles. The number of piperidine rings is 1. The van der Waals surface area contributed by atoms with Crippen molar-refractivity contribution in [2.24, 2.45) is 5.41 Å². The van der Waals surface area contributed by atoms with Crippen LogP contribution in [0.5, 0.6) is 5.88 Å². The molecule has 2 aromatic carbocycles. The monoisotopic (exact) mass is 555 g/mol. The lowest BCUT2D eigenvalue weighted by molar-refractivity contribution is -0.198. The fourth-order valence-corrected chi connectivity index (χ4v) is 5.68. The number of benzene rings is 2. The molecule has 0 bridgehead atoms. The van der Waals surface area contributed by atoms with Gasteiger partial charge < -0.3 is 25.8 Å². The number of aromatic nitrogens is 2. The Labute approximate surface area is 230 Å². The highest BCUT2D eigenvalue weighted by molar-refractivity contribution is 5.74. The number of nitrogen functional groups attached to an aromatic ring is 1. The molecule has 0 saturated carbocycles. The number of carboxylic acid groups (broad SMARTS) is 1. The molecule has 0 radical (unpaired) electrons. The SMILES string of the molecule is Cc1cccc(-c2ccc([C@@H](Oc3cc(N4CCC5(CC4)CNC(C(=O)O)C5)nc(N)n3)C(F)(F)F)cc2)c1C. The zero-order valence-corrected chi connectivity index (χ0v) is 22.3. The third kappa shape index (κ3) is 5.70. The van der Waals surface area contributed by atoms with Gasteiger partial charge in [-0.3, -0.25) is 4.79 Å². The number of nitrogens with zero attached hydrogens (tertiary/aromatic N) is 3. The Bertz CT molecular complexity index is 1390. The van der Waals surface area contributed by atoms with Crippen molar-refractivity contribution in [2.45, 2.75) is 51.4 Å². The van der Waals surface area contributed by atoms with Crippen LogP contribution < -0.4 is 20.7 Å². The van der Waals surface area contributed by atoms with Gasteiger partial charge in [-0.15, -0.1) is 0 Å². The highest BCUT2D eigenvalue weighted by Gasteiger charge is 2.45. The lowest BCUT2D eigenvalue weighted by atomic mass is 9.76. The van der Waals surface area contributed by atoms with Crippen LogP contribution in [0, 0.1) is 19.3 Å². The quantitative estimate of drug-likeness (QED) is 0.387. The van der Waals surface area contributed by atoms with Gasteiger partial charge in [0.15, 0.2) is 0 Å². The van der Waals surface area contributed by atoms with Gasteiger partial charge in [0.2, 0.25) is 17.9 Å². The van der Waals surface area contributed by atoms with Crippen molar-refractivity contribution in [2.75, 3.05) is 30.3 Å². The maximum Gasteiger partial charge on any atom is 0.429 e. The van der Waals surface area contributed by atoms with Crippen LogP contribution in [0.25, 0.3) is 11.1 Å². The highest BCUT2D eigenvalue weighted by atomic mass is 19.4. The summed E-state index contributed by atoms with van der Waals surface area (Å²) in [5.41, 5.74) is 9.64. The minimum Gasteiger partial charge on any atom is -0.480 e. The normalized spacial score (nSPS) is 19.5. The molecule has 1 unspecified atom stereocenters. The smallest absolute Gasteiger partial charge is 0.429 e. The van der Waals surface area contributed by atoms with Crippen molar-refractivity contribution in [3.8, 4) is 17.0 Å². The van der Waals surface area contributed by atoms with E-state index in [4.69, 9.17) is 10.5 Å². The number of hydrogen-bond donors (Lipinski definition) is 3. The van der Waals surface area contributed by atoms with Crippen molar-refractivity contribution >= 4 is 17.7 Å². The van der Waals surface area contributed by atoms with Crippen LogP contribution >= 0.6 is 0 Å². The Morgan fingerprint density at radius 2 is 1.85 bits per heavy atom. The van der Waals surface area contributed by atoms with E-state index in [2.05, 4.69) is 15.3 Å². The number of nitrogens with two attached hydrogens (primary N) is 1. The molecule has 212 valence electrons.